The molecule has 0 aliphatic carbocycles. The van der Waals surface area contributed by atoms with Gasteiger partial charge >= 0.3 is 0 Å². The molecule has 0 spiro atoms. The zero-order valence-electron chi connectivity index (χ0n) is 6.81. The van der Waals surface area contributed by atoms with Crippen LogP contribution in [0.3, 0.4) is 0 Å². The Bertz CT molecular complexity index is 264. The third-order valence-electron chi connectivity index (χ3n) is 1.75. The molecule has 0 aromatic heterocycles. The van der Waals surface area contributed by atoms with Crippen LogP contribution in [0.2, 0.25) is 0 Å². The van der Waals surface area contributed by atoms with Crippen molar-refractivity contribution in [2.75, 3.05) is 13.2 Å². The molecule has 1 aliphatic heterocycles. The number of nitrogens with zero attached hydrogens (tertiary/aromatic N) is 1. The van der Waals surface area contributed by atoms with Crippen LogP contribution in [-0.4, -0.2) is 25.5 Å². The topological polar surface area (TPSA) is 24.9 Å². The molecule has 2 rings (SSSR count). The summed E-state index contributed by atoms with van der Waals surface area (Å²) in [5, 5.41) is 0. The minimum atomic E-state index is 0.393. The lowest BCUT2D eigenvalue weighted by atomic mass is 10.2. The molecule has 0 amide bonds. The highest BCUT2D eigenvalue weighted by molar-refractivity contribution is 5.79. The van der Waals surface area contributed by atoms with Gasteiger partial charge in [0.15, 0.2) is 0 Å². The Labute approximate surface area is 71.9 Å². The molecular formula is C10H11NO. The van der Waals surface area contributed by atoms with Crippen LogP contribution in [0.4, 0.5) is 0 Å². The Balaban J connectivity index is 1.89. The van der Waals surface area contributed by atoms with Crippen molar-refractivity contribution < 1.29 is 4.74 Å². The lowest BCUT2D eigenvalue weighted by Crippen LogP contribution is -1.91. The second kappa shape index (κ2) is 3.50. The minimum absolute atomic E-state index is 0.393. The van der Waals surface area contributed by atoms with E-state index >= 15 is 0 Å². The standard InChI is InChI=1S/C10H11NO/c1-2-4-9(5-3-1)6-11-7-10-8-12-10/h1-6,10H,7-8H2/b11-6-. The molecule has 0 radical (unpaired) electrons. The summed E-state index contributed by atoms with van der Waals surface area (Å²) in [6.07, 6.45) is 2.28. The summed E-state index contributed by atoms with van der Waals surface area (Å²) < 4.78 is 5.03. The molecule has 62 valence electrons. The van der Waals surface area contributed by atoms with E-state index in [2.05, 4.69) is 4.99 Å². The first-order valence-corrected chi connectivity index (χ1v) is 4.11. The number of aliphatic imine (C=N–C) groups is 1. The van der Waals surface area contributed by atoms with Crippen LogP contribution in [0.15, 0.2) is 35.3 Å². The van der Waals surface area contributed by atoms with Gasteiger partial charge in [-0.1, -0.05) is 30.3 Å². The average molecular weight is 161 g/mol. The molecular weight excluding hydrogens is 150 g/mol. The van der Waals surface area contributed by atoms with E-state index < -0.39 is 0 Å². The third-order valence-corrected chi connectivity index (χ3v) is 1.75. The van der Waals surface area contributed by atoms with Gasteiger partial charge in [-0.3, -0.25) is 4.99 Å². The Hall–Kier alpha value is -1.15. The predicted molar refractivity (Wildman–Crippen MR) is 48.6 cm³/mol. The van der Waals surface area contributed by atoms with Gasteiger partial charge in [-0.2, -0.15) is 0 Å². The maximum Gasteiger partial charge on any atom is 0.100 e. The highest BCUT2D eigenvalue weighted by Gasteiger charge is 2.20. The van der Waals surface area contributed by atoms with Gasteiger partial charge in [0.1, 0.15) is 6.10 Å². The maximum absolute atomic E-state index is 5.03. The van der Waals surface area contributed by atoms with Crippen LogP contribution in [0, 0.1) is 0 Å². The SMILES string of the molecule is C(=N/CC1CO1)/c1ccccc1. The van der Waals surface area contributed by atoms with Crippen LogP contribution in [0.25, 0.3) is 0 Å². The Morgan fingerprint density at radius 1 is 1.42 bits per heavy atom. The van der Waals surface area contributed by atoms with Crippen molar-refractivity contribution in [1.82, 2.24) is 0 Å². The molecule has 1 aliphatic rings. The van der Waals surface area contributed by atoms with Crippen molar-refractivity contribution in [2.24, 2.45) is 4.99 Å². The Morgan fingerprint density at radius 2 is 2.17 bits per heavy atom. The summed E-state index contributed by atoms with van der Waals surface area (Å²) >= 11 is 0. The number of benzene rings is 1. The first kappa shape index (κ1) is 7.50. The lowest BCUT2D eigenvalue weighted by Gasteiger charge is -1.89. The van der Waals surface area contributed by atoms with Gasteiger partial charge in [-0.15, -0.1) is 0 Å². The molecule has 1 unspecified atom stereocenters. The van der Waals surface area contributed by atoms with Gasteiger partial charge in [0.05, 0.1) is 13.2 Å². The summed E-state index contributed by atoms with van der Waals surface area (Å²) in [4.78, 5) is 4.25. The minimum Gasteiger partial charge on any atom is -0.371 e. The third kappa shape index (κ3) is 2.17. The molecule has 1 heterocycles. The van der Waals surface area contributed by atoms with Crippen LogP contribution in [0.1, 0.15) is 5.56 Å². The summed E-state index contributed by atoms with van der Waals surface area (Å²) in [6.45, 7) is 1.68. The highest BCUT2D eigenvalue weighted by Crippen LogP contribution is 2.08. The second-order valence-corrected chi connectivity index (χ2v) is 2.86. The normalized spacial score (nSPS) is 21.5. The van der Waals surface area contributed by atoms with E-state index in [4.69, 9.17) is 4.74 Å². The fraction of sp³-hybridized carbons (Fsp3) is 0.300. The molecule has 1 aromatic carbocycles. The van der Waals surface area contributed by atoms with Gasteiger partial charge in [-0.05, 0) is 5.56 Å². The van der Waals surface area contributed by atoms with Crippen molar-refractivity contribution in [3.05, 3.63) is 35.9 Å². The van der Waals surface area contributed by atoms with Gasteiger partial charge < -0.3 is 4.74 Å². The van der Waals surface area contributed by atoms with Gasteiger partial charge in [-0.25, -0.2) is 0 Å². The van der Waals surface area contributed by atoms with Gasteiger partial charge in [0.25, 0.3) is 0 Å². The number of hydrogen-bond donors (Lipinski definition) is 0. The van der Waals surface area contributed by atoms with Gasteiger partial charge in [0, 0.05) is 6.21 Å². The molecule has 1 aromatic rings. The molecule has 2 nitrogen and oxygen atoms in total. The van der Waals surface area contributed by atoms with Crippen molar-refractivity contribution in [1.29, 1.82) is 0 Å². The predicted octanol–water partition coefficient (Wildman–Crippen LogP) is 1.50. The van der Waals surface area contributed by atoms with Crippen molar-refractivity contribution >= 4 is 6.21 Å². The number of epoxide rings is 1. The maximum atomic E-state index is 5.03. The van der Waals surface area contributed by atoms with Crippen molar-refractivity contribution in [3.63, 3.8) is 0 Å². The molecule has 1 fully saturated rings. The molecule has 1 atom stereocenters. The molecule has 0 N–H and O–H groups in total. The largest absolute Gasteiger partial charge is 0.371 e. The van der Waals surface area contributed by atoms with Crippen LogP contribution in [0.5, 0.6) is 0 Å². The Kier molecular flexibility index (Phi) is 2.19. The quantitative estimate of drug-likeness (QED) is 0.487. The summed E-state index contributed by atoms with van der Waals surface area (Å²) in [6, 6.07) is 10.1. The van der Waals surface area contributed by atoms with Crippen LogP contribution < -0.4 is 0 Å². The molecule has 0 saturated carbocycles. The molecule has 12 heavy (non-hydrogen) atoms. The average Bonchev–Trinajstić information content (AvgIpc) is 2.90. The zero-order valence-corrected chi connectivity index (χ0v) is 6.81. The number of hydrogen-bond acceptors (Lipinski definition) is 2. The van der Waals surface area contributed by atoms with E-state index in [9.17, 15) is 0 Å². The van der Waals surface area contributed by atoms with Crippen molar-refractivity contribution in [2.45, 2.75) is 6.10 Å². The van der Waals surface area contributed by atoms with Crippen molar-refractivity contribution in [3.8, 4) is 0 Å². The van der Waals surface area contributed by atoms with E-state index in [0.29, 0.717) is 6.10 Å². The van der Waals surface area contributed by atoms with E-state index in [1.165, 1.54) is 0 Å². The first-order chi connectivity index (χ1) is 5.95. The first-order valence-electron chi connectivity index (χ1n) is 4.11. The van der Waals surface area contributed by atoms with Crippen LogP contribution >= 0.6 is 0 Å². The molecule has 2 heteroatoms. The number of rotatable bonds is 3. The number of ether oxygens (including phenoxy) is 1. The van der Waals surface area contributed by atoms with Crippen LogP contribution in [-0.2, 0) is 4.74 Å². The summed E-state index contributed by atoms with van der Waals surface area (Å²) in [5.74, 6) is 0. The highest BCUT2D eigenvalue weighted by atomic mass is 16.6. The fourth-order valence-corrected chi connectivity index (χ4v) is 0.988. The molecule has 1 saturated heterocycles. The second-order valence-electron chi connectivity index (χ2n) is 2.86. The van der Waals surface area contributed by atoms with Gasteiger partial charge in [0.2, 0.25) is 0 Å². The van der Waals surface area contributed by atoms with E-state index in [-0.39, 0.29) is 0 Å². The Morgan fingerprint density at radius 3 is 2.83 bits per heavy atom. The van der Waals surface area contributed by atoms with E-state index in [1.807, 2.05) is 36.5 Å². The summed E-state index contributed by atoms with van der Waals surface area (Å²) in [7, 11) is 0. The molecule has 0 bridgehead atoms. The monoisotopic (exact) mass is 161 g/mol. The van der Waals surface area contributed by atoms with E-state index in [1.54, 1.807) is 0 Å². The van der Waals surface area contributed by atoms with E-state index in [0.717, 1.165) is 18.7 Å². The fourth-order valence-electron chi connectivity index (χ4n) is 0.988. The lowest BCUT2D eigenvalue weighted by molar-refractivity contribution is 0.413. The smallest absolute Gasteiger partial charge is 0.100 e. The zero-order chi connectivity index (χ0) is 8.23. The summed E-state index contributed by atoms with van der Waals surface area (Å²) in [5.41, 5.74) is 1.15.